The maximum atomic E-state index is 11.2. The van der Waals surface area contributed by atoms with Gasteiger partial charge in [-0.05, 0) is 57.9 Å². The Balaban J connectivity index is 0.00000338. The monoisotopic (exact) mass is 479 g/mol. The van der Waals surface area contributed by atoms with Crippen LogP contribution >= 0.6 is 24.0 Å². The van der Waals surface area contributed by atoms with Gasteiger partial charge in [-0.3, -0.25) is 14.7 Å². The molecule has 152 valence electrons. The molecule has 0 aromatic rings. The van der Waals surface area contributed by atoms with Gasteiger partial charge in [-0.15, -0.1) is 24.0 Å². The van der Waals surface area contributed by atoms with E-state index in [9.17, 15) is 4.79 Å². The zero-order valence-corrected chi connectivity index (χ0v) is 19.3. The van der Waals surface area contributed by atoms with Crippen LogP contribution in [0.25, 0.3) is 0 Å². The predicted molar refractivity (Wildman–Crippen MR) is 119 cm³/mol. The van der Waals surface area contributed by atoms with Crippen molar-refractivity contribution in [3.8, 4) is 0 Å². The number of carbonyl (C=O) groups excluding carboxylic acids is 1. The summed E-state index contributed by atoms with van der Waals surface area (Å²) in [5, 5.41) is 3.58. The van der Waals surface area contributed by atoms with E-state index in [1.54, 1.807) is 0 Å². The molecule has 2 aliphatic heterocycles. The third-order valence-corrected chi connectivity index (χ3v) is 5.71. The van der Waals surface area contributed by atoms with Crippen molar-refractivity contribution in [3.63, 3.8) is 0 Å². The third kappa shape index (κ3) is 6.87. The number of guanidine groups is 1. The van der Waals surface area contributed by atoms with Gasteiger partial charge in [0, 0.05) is 45.2 Å². The Morgan fingerprint density at radius 1 is 1.23 bits per heavy atom. The second kappa shape index (κ2) is 10.7. The average molecular weight is 479 g/mol. The molecule has 2 saturated heterocycles. The molecule has 2 atom stereocenters. The lowest BCUT2D eigenvalue weighted by molar-refractivity contribution is -0.119. The maximum absolute atomic E-state index is 11.2. The summed E-state index contributed by atoms with van der Waals surface area (Å²) in [4.78, 5) is 20.6. The van der Waals surface area contributed by atoms with E-state index in [0.717, 1.165) is 44.4 Å². The summed E-state index contributed by atoms with van der Waals surface area (Å²) in [5.74, 6) is 1.88. The lowest BCUT2D eigenvalue weighted by Gasteiger charge is -2.44. The van der Waals surface area contributed by atoms with E-state index in [-0.39, 0.29) is 35.4 Å². The second-order valence-electron chi connectivity index (χ2n) is 8.53. The molecule has 0 bridgehead atoms. The van der Waals surface area contributed by atoms with Crippen molar-refractivity contribution in [3.05, 3.63) is 0 Å². The fourth-order valence-corrected chi connectivity index (χ4v) is 4.19. The summed E-state index contributed by atoms with van der Waals surface area (Å²) in [6, 6.07) is 0. The van der Waals surface area contributed by atoms with Gasteiger partial charge in [0.05, 0.1) is 0 Å². The van der Waals surface area contributed by atoms with E-state index >= 15 is 0 Å². The topological polar surface area (TPSA) is 74.0 Å². The Labute approximate surface area is 176 Å². The number of halogens is 1. The van der Waals surface area contributed by atoms with Crippen molar-refractivity contribution in [2.24, 2.45) is 22.6 Å². The molecule has 2 aliphatic rings. The fourth-order valence-electron chi connectivity index (χ4n) is 4.19. The van der Waals surface area contributed by atoms with E-state index in [2.05, 4.69) is 40.9 Å². The smallest absolute Gasteiger partial charge is 0.217 e. The SMILES string of the molecule is CN=C(NCC(C)(C)N1CCCC(C)C1)N1CCCC(CC(N)=O)C1.I. The van der Waals surface area contributed by atoms with Gasteiger partial charge in [0.25, 0.3) is 0 Å². The van der Waals surface area contributed by atoms with Crippen LogP contribution in [-0.4, -0.2) is 67.0 Å². The molecule has 0 aliphatic carbocycles. The first-order valence-corrected chi connectivity index (χ1v) is 9.80. The minimum atomic E-state index is -0.199. The van der Waals surface area contributed by atoms with Crippen LogP contribution in [0, 0.1) is 11.8 Å². The van der Waals surface area contributed by atoms with Crippen LogP contribution in [0.3, 0.4) is 0 Å². The van der Waals surface area contributed by atoms with Crippen LogP contribution in [0.1, 0.15) is 52.9 Å². The van der Waals surface area contributed by atoms with E-state index in [4.69, 9.17) is 5.73 Å². The number of hydrogen-bond acceptors (Lipinski definition) is 3. The zero-order valence-electron chi connectivity index (χ0n) is 17.0. The minimum absolute atomic E-state index is 0. The molecule has 0 aromatic heterocycles. The number of amides is 1. The van der Waals surface area contributed by atoms with Crippen molar-refractivity contribution in [1.29, 1.82) is 0 Å². The molecule has 2 fully saturated rings. The highest BCUT2D eigenvalue weighted by Gasteiger charge is 2.31. The number of nitrogens with two attached hydrogens (primary N) is 1. The van der Waals surface area contributed by atoms with Gasteiger partial charge in [-0.25, -0.2) is 0 Å². The lowest BCUT2D eigenvalue weighted by atomic mass is 9.93. The molecule has 0 radical (unpaired) electrons. The Kier molecular flexibility index (Phi) is 9.64. The summed E-state index contributed by atoms with van der Waals surface area (Å²) in [5.41, 5.74) is 5.48. The molecule has 0 aromatic carbocycles. The number of carbonyl (C=O) groups is 1. The van der Waals surface area contributed by atoms with E-state index in [1.165, 1.54) is 25.9 Å². The first-order valence-electron chi connectivity index (χ1n) is 9.80. The second-order valence-corrected chi connectivity index (χ2v) is 8.53. The van der Waals surface area contributed by atoms with Gasteiger partial charge in [-0.1, -0.05) is 6.92 Å². The summed E-state index contributed by atoms with van der Waals surface area (Å²) in [6.45, 7) is 12.1. The number of primary amides is 1. The average Bonchev–Trinajstić information content (AvgIpc) is 2.55. The molecule has 0 saturated carbocycles. The quantitative estimate of drug-likeness (QED) is 0.361. The van der Waals surface area contributed by atoms with Gasteiger partial charge >= 0.3 is 0 Å². The Bertz CT molecular complexity index is 483. The summed E-state index contributed by atoms with van der Waals surface area (Å²) in [7, 11) is 1.84. The van der Waals surface area contributed by atoms with E-state index in [1.807, 2.05) is 7.05 Å². The highest BCUT2D eigenvalue weighted by Crippen LogP contribution is 2.24. The summed E-state index contributed by atoms with van der Waals surface area (Å²) in [6.07, 6.45) is 5.28. The van der Waals surface area contributed by atoms with Crippen LogP contribution in [0.4, 0.5) is 0 Å². The first-order chi connectivity index (χ1) is 11.8. The molecule has 6 nitrogen and oxygen atoms in total. The standard InChI is InChI=1S/C19H37N5O.HI/c1-15-7-5-10-24(12-15)19(2,3)14-22-18(21-4)23-9-6-8-16(13-23)11-17(20)25;/h15-16H,5-14H2,1-4H3,(H2,20,25)(H,21,22);1H. The van der Waals surface area contributed by atoms with Gasteiger partial charge < -0.3 is 16.0 Å². The fraction of sp³-hybridized carbons (Fsp3) is 0.895. The van der Waals surface area contributed by atoms with Crippen LogP contribution in [0.15, 0.2) is 4.99 Å². The van der Waals surface area contributed by atoms with E-state index < -0.39 is 0 Å². The van der Waals surface area contributed by atoms with Gasteiger partial charge in [-0.2, -0.15) is 0 Å². The molecular weight excluding hydrogens is 441 g/mol. The molecule has 1 amide bonds. The molecular formula is C19H38IN5O. The molecule has 2 rings (SSSR count). The lowest BCUT2D eigenvalue weighted by Crippen LogP contribution is -2.57. The first kappa shape index (κ1) is 23.5. The number of aliphatic imine (C=N–C) groups is 1. The van der Waals surface area contributed by atoms with Crippen molar-refractivity contribution < 1.29 is 4.79 Å². The van der Waals surface area contributed by atoms with Crippen molar-refractivity contribution in [2.45, 2.75) is 58.4 Å². The normalized spacial score (nSPS) is 25.5. The number of nitrogens with zero attached hydrogens (tertiary/aromatic N) is 3. The number of nitrogens with one attached hydrogen (secondary N) is 1. The molecule has 0 spiro atoms. The molecule has 26 heavy (non-hydrogen) atoms. The largest absolute Gasteiger partial charge is 0.370 e. The summed E-state index contributed by atoms with van der Waals surface area (Å²) >= 11 is 0. The van der Waals surface area contributed by atoms with E-state index in [0.29, 0.717) is 12.3 Å². The van der Waals surface area contributed by atoms with Crippen LogP contribution in [0.2, 0.25) is 0 Å². The van der Waals surface area contributed by atoms with Crippen LogP contribution < -0.4 is 11.1 Å². The highest BCUT2D eigenvalue weighted by atomic mass is 127. The zero-order chi connectivity index (χ0) is 18.4. The Morgan fingerprint density at radius 2 is 1.92 bits per heavy atom. The minimum Gasteiger partial charge on any atom is -0.370 e. The molecule has 2 heterocycles. The van der Waals surface area contributed by atoms with Crippen LogP contribution in [0.5, 0.6) is 0 Å². The molecule has 3 N–H and O–H groups in total. The summed E-state index contributed by atoms with van der Waals surface area (Å²) < 4.78 is 0. The Hall–Kier alpha value is -0.570. The Morgan fingerprint density at radius 3 is 2.54 bits per heavy atom. The van der Waals surface area contributed by atoms with Gasteiger partial charge in [0.1, 0.15) is 0 Å². The maximum Gasteiger partial charge on any atom is 0.217 e. The van der Waals surface area contributed by atoms with Gasteiger partial charge in [0.2, 0.25) is 5.91 Å². The third-order valence-electron chi connectivity index (χ3n) is 5.71. The van der Waals surface area contributed by atoms with Crippen molar-refractivity contribution in [1.82, 2.24) is 15.1 Å². The molecule has 2 unspecified atom stereocenters. The number of rotatable bonds is 5. The number of hydrogen-bond donors (Lipinski definition) is 2. The number of likely N-dealkylation sites (tertiary alicyclic amines) is 2. The van der Waals surface area contributed by atoms with Crippen LogP contribution in [-0.2, 0) is 4.79 Å². The molecule has 7 heteroatoms. The van der Waals surface area contributed by atoms with Crippen molar-refractivity contribution in [2.75, 3.05) is 39.8 Å². The van der Waals surface area contributed by atoms with Gasteiger partial charge in [0.15, 0.2) is 5.96 Å². The highest BCUT2D eigenvalue weighted by molar-refractivity contribution is 14.0. The van der Waals surface area contributed by atoms with Crippen molar-refractivity contribution >= 4 is 35.8 Å². The predicted octanol–water partition coefficient (Wildman–Crippen LogP) is 2.28. The number of piperidine rings is 2.